The minimum absolute atomic E-state index is 0.106. The van der Waals surface area contributed by atoms with Crippen LogP contribution in [0.25, 0.3) is 0 Å². The van der Waals surface area contributed by atoms with Crippen molar-refractivity contribution in [3.63, 3.8) is 0 Å². The van der Waals surface area contributed by atoms with E-state index in [0.29, 0.717) is 19.5 Å². The van der Waals surface area contributed by atoms with Crippen LogP contribution in [0.15, 0.2) is 24.3 Å². The second-order valence-electron chi connectivity index (χ2n) is 6.70. The van der Waals surface area contributed by atoms with Gasteiger partial charge in [-0.1, -0.05) is 26.0 Å². The zero-order chi connectivity index (χ0) is 18.2. The second-order valence-corrected chi connectivity index (χ2v) is 6.70. The number of ether oxygens (including phenoxy) is 1. The van der Waals surface area contributed by atoms with Gasteiger partial charge in [-0.2, -0.15) is 0 Å². The first-order chi connectivity index (χ1) is 12.1. The number of amides is 2. The van der Waals surface area contributed by atoms with Crippen molar-refractivity contribution in [2.75, 3.05) is 20.2 Å². The van der Waals surface area contributed by atoms with Crippen molar-refractivity contribution < 1.29 is 14.3 Å². The zero-order valence-corrected chi connectivity index (χ0v) is 15.6. The molecule has 5 nitrogen and oxygen atoms in total. The quantitative estimate of drug-likeness (QED) is 0.826. The summed E-state index contributed by atoms with van der Waals surface area (Å²) in [4.78, 5) is 26.5. The first-order valence-electron chi connectivity index (χ1n) is 9.28. The van der Waals surface area contributed by atoms with Crippen LogP contribution in [0.1, 0.15) is 45.1 Å². The monoisotopic (exact) mass is 346 g/mol. The molecular formula is C20H30N2O3. The molecule has 1 heterocycles. The molecule has 5 heteroatoms. The van der Waals surface area contributed by atoms with Crippen LogP contribution in [0, 0.1) is 5.92 Å². The standard InChI is InChI=1S/C20H30N2O3/c1-4-16(5-2)20(24)21-17-10-12-22(13-11-17)19(23)14-15-6-8-18(25-3)9-7-15/h6-9,16-17H,4-5,10-14H2,1-3H3,(H,21,24). The zero-order valence-electron chi connectivity index (χ0n) is 15.6. The van der Waals surface area contributed by atoms with Gasteiger partial charge in [0, 0.05) is 25.0 Å². The third kappa shape index (κ3) is 5.48. The Labute approximate surface area is 150 Å². The molecule has 0 radical (unpaired) electrons. The van der Waals surface area contributed by atoms with Gasteiger partial charge in [0.25, 0.3) is 0 Å². The van der Waals surface area contributed by atoms with Crippen molar-refractivity contribution in [1.82, 2.24) is 10.2 Å². The second kappa shape index (κ2) is 9.44. The highest BCUT2D eigenvalue weighted by atomic mass is 16.5. The van der Waals surface area contributed by atoms with Crippen molar-refractivity contribution in [2.45, 2.75) is 52.0 Å². The summed E-state index contributed by atoms with van der Waals surface area (Å²) in [5.41, 5.74) is 0.995. The summed E-state index contributed by atoms with van der Waals surface area (Å²) in [6.07, 6.45) is 3.83. The minimum Gasteiger partial charge on any atom is -0.497 e. The van der Waals surface area contributed by atoms with Gasteiger partial charge < -0.3 is 15.0 Å². The molecule has 0 aromatic heterocycles. The maximum atomic E-state index is 12.5. The molecule has 0 atom stereocenters. The van der Waals surface area contributed by atoms with Crippen LogP contribution < -0.4 is 10.1 Å². The Morgan fingerprint density at radius 3 is 2.28 bits per heavy atom. The number of piperidine rings is 1. The predicted molar refractivity (Wildman–Crippen MR) is 98.5 cm³/mol. The number of rotatable bonds is 7. The fourth-order valence-electron chi connectivity index (χ4n) is 3.28. The lowest BCUT2D eigenvalue weighted by atomic mass is 9.99. The van der Waals surface area contributed by atoms with Crippen LogP contribution in [0.4, 0.5) is 0 Å². The summed E-state index contributed by atoms with van der Waals surface area (Å²) < 4.78 is 5.14. The number of nitrogens with zero attached hydrogens (tertiary/aromatic N) is 1. The highest BCUT2D eigenvalue weighted by Crippen LogP contribution is 2.16. The van der Waals surface area contributed by atoms with E-state index < -0.39 is 0 Å². The Kier molecular flexibility index (Phi) is 7.29. The van der Waals surface area contributed by atoms with Crippen LogP contribution >= 0.6 is 0 Å². The van der Waals surface area contributed by atoms with Gasteiger partial charge in [0.15, 0.2) is 0 Å². The van der Waals surface area contributed by atoms with Crippen molar-refractivity contribution in [1.29, 1.82) is 0 Å². The molecule has 138 valence electrons. The highest BCUT2D eigenvalue weighted by molar-refractivity contribution is 5.80. The van der Waals surface area contributed by atoms with Crippen LogP contribution in [0.2, 0.25) is 0 Å². The number of hydrogen-bond donors (Lipinski definition) is 1. The van der Waals surface area contributed by atoms with E-state index in [1.54, 1.807) is 7.11 Å². The summed E-state index contributed by atoms with van der Waals surface area (Å²) in [6.45, 7) is 5.52. The van der Waals surface area contributed by atoms with Gasteiger partial charge in [-0.25, -0.2) is 0 Å². The molecule has 0 saturated carbocycles. The normalized spacial score (nSPS) is 15.3. The number of hydrogen-bond acceptors (Lipinski definition) is 3. The van der Waals surface area contributed by atoms with Crippen LogP contribution in [-0.4, -0.2) is 43.0 Å². The summed E-state index contributed by atoms with van der Waals surface area (Å²) in [5.74, 6) is 1.21. The summed E-state index contributed by atoms with van der Waals surface area (Å²) in [5, 5.41) is 3.15. The van der Waals surface area contributed by atoms with E-state index in [1.165, 1.54) is 0 Å². The lowest BCUT2D eigenvalue weighted by Gasteiger charge is -2.33. The summed E-state index contributed by atoms with van der Waals surface area (Å²) >= 11 is 0. The maximum absolute atomic E-state index is 12.5. The lowest BCUT2D eigenvalue weighted by molar-refractivity contribution is -0.131. The molecule has 0 unspecified atom stereocenters. The Bertz CT molecular complexity index is 559. The fourth-order valence-corrected chi connectivity index (χ4v) is 3.28. The Hall–Kier alpha value is -2.04. The van der Waals surface area contributed by atoms with Crippen molar-refractivity contribution in [3.8, 4) is 5.75 Å². The van der Waals surface area contributed by atoms with Crippen molar-refractivity contribution in [3.05, 3.63) is 29.8 Å². The molecule has 2 amide bonds. The molecule has 25 heavy (non-hydrogen) atoms. The molecule has 0 aliphatic carbocycles. The molecule has 1 aromatic rings. The Balaban J connectivity index is 1.78. The molecule has 1 fully saturated rings. The van der Waals surface area contributed by atoms with Gasteiger partial charge in [-0.15, -0.1) is 0 Å². The first-order valence-corrected chi connectivity index (χ1v) is 9.28. The van der Waals surface area contributed by atoms with E-state index in [1.807, 2.05) is 43.0 Å². The van der Waals surface area contributed by atoms with E-state index in [-0.39, 0.29) is 23.8 Å². The molecular weight excluding hydrogens is 316 g/mol. The molecule has 1 N–H and O–H groups in total. The minimum atomic E-state index is 0.106. The van der Waals surface area contributed by atoms with Gasteiger partial charge in [-0.05, 0) is 43.4 Å². The first kappa shape index (κ1) is 19.3. The topological polar surface area (TPSA) is 58.6 Å². The van der Waals surface area contributed by atoms with Crippen LogP contribution in [0.3, 0.4) is 0 Å². The number of nitrogens with one attached hydrogen (secondary N) is 1. The van der Waals surface area contributed by atoms with E-state index in [0.717, 1.165) is 37.0 Å². The van der Waals surface area contributed by atoms with E-state index in [9.17, 15) is 9.59 Å². The third-order valence-electron chi connectivity index (χ3n) is 5.06. The Morgan fingerprint density at radius 2 is 1.76 bits per heavy atom. The number of carbonyl (C=O) groups excluding carboxylic acids is 2. The van der Waals surface area contributed by atoms with E-state index >= 15 is 0 Å². The summed E-state index contributed by atoms with van der Waals surface area (Å²) in [6, 6.07) is 7.81. The maximum Gasteiger partial charge on any atom is 0.226 e. The third-order valence-corrected chi connectivity index (χ3v) is 5.06. The molecule has 1 aliphatic heterocycles. The van der Waals surface area contributed by atoms with Gasteiger partial charge in [0.1, 0.15) is 5.75 Å². The lowest BCUT2D eigenvalue weighted by Crippen LogP contribution is -2.48. The van der Waals surface area contributed by atoms with Crippen molar-refractivity contribution >= 4 is 11.8 Å². The fraction of sp³-hybridized carbons (Fsp3) is 0.600. The van der Waals surface area contributed by atoms with Gasteiger partial charge >= 0.3 is 0 Å². The molecule has 2 rings (SSSR count). The molecule has 0 bridgehead atoms. The van der Waals surface area contributed by atoms with Gasteiger partial charge in [-0.3, -0.25) is 9.59 Å². The van der Waals surface area contributed by atoms with E-state index in [2.05, 4.69) is 5.32 Å². The van der Waals surface area contributed by atoms with Crippen molar-refractivity contribution in [2.24, 2.45) is 5.92 Å². The average molecular weight is 346 g/mol. The van der Waals surface area contributed by atoms with E-state index in [4.69, 9.17) is 4.74 Å². The van der Waals surface area contributed by atoms with Crippen LogP contribution in [0.5, 0.6) is 5.75 Å². The molecule has 1 saturated heterocycles. The number of methoxy groups -OCH3 is 1. The average Bonchev–Trinajstić information content (AvgIpc) is 2.64. The smallest absolute Gasteiger partial charge is 0.226 e. The summed E-state index contributed by atoms with van der Waals surface area (Å²) in [7, 11) is 1.63. The van der Waals surface area contributed by atoms with Gasteiger partial charge in [0.2, 0.25) is 11.8 Å². The SMILES string of the molecule is CCC(CC)C(=O)NC1CCN(C(=O)Cc2ccc(OC)cc2)CC1. The number of benzene rings is 1. The van der Waals surface area contributed by atoms with Crippen LogP contribution in [-0.2, 0) is 16.0 Å². The molecule has 1 aromatic carbocycles. The predicted octanol–water partition coefficient (Wildman–Crippen LogP) is 2.78. The Morgan fingerprint density at radius 1 is 1.16 bits per heavy atom. The number of likely N-dealkylation sites (tertiary alicyclic amines) is 1. The highest BCUT2D eigenvalue weighted by Gasteiger charge is 2.25. The van der Waals surface area contributed by atoms with Gasteiger partial charge in [0.05, 0.1) is 13.5 Å². The number of carbonyl (C=O) groups is 2. The molecule has 0 spiro atoms. The largest absolute Gasteiger partial charge is 0.497 e. The molecule has 1 aliphatic rings.